The van der Waals surface area contributed by atoms with Crippen LogP contribution in [0.15, 0.2) is 12.2 Å². The van der Waals surface area contributed by atoms with Crippen LogP contribution < -0.4 is 0 Å². The fraction of sp³-hybridized carbons (Fsp3) is 0.917. The van der Waals surface area contributed by atoms with Gasteiger partial charge in [0.05, 0.1) is 5.60 Å². The summed E-state index contributed by atoms with van der Waals surface area (Å²) >= 11 is 0. The van der Waals surface area contributed by atoms with Gasteiger partial charge in [0.1, 0.15) is 0 Å². The molecule has 0 heterocycles. The fourth-order valence-corrected chi connectivity index (χ4v) is 8.71. The summed E-state index contributed by atoms with van der Waals surface area (Å²) in [5.41, 5.74) is 1.73. The van der Waals surface area contributed by atoms with Crippen molar-refractivity contribution < 1.29 is 5.11 Å². The van der Waals surface area contributed by atoms with Gasteiger partial charge in [-0.25, -0.2) is 0 Å². The summed E-state index contributed by atoms with van der Waals surface area (Å²) in [7, 11) is 0. The summed E-state index contributed by atoms with van der Waals surface area (Å²) in [6.45, 7) is 9.24. The minimum absolute atomic E-state index is 0.268. The monoisotopic (exact) mass is 342 g/mol. The molecule has 1 N–H and O–H groups in total. The van der Waals surface area contributed by atoms with Gasteiger partial charge in [0.2, 0.25) is 0 Å². The molecule has 0 aromatic rings. The Bertz CT molecular complexity index is 562. The molecular formula is C24H38O. The van der Waals surface area contributed by atoms with Gasteiger partial charge < -0.3 is 5.11 Å². The third kappa shape index (κ3) is 2.43. The Morgan fingerprint density at radius 1 is 0.880 bits per heavy atom. The van der Waals surface area contributed by atoms with E-state index in [1.54, 1.807) is 0 Å². The number of aliphatic hydroxyl groups is 1. The molecule has 0 radical (unpaired) electrons. The molecule has 1 heteroatoms. The summed E-state index contributed by atoms with van der Waals surface area (Å²) in [6, 6.07) is 0. The molecule has 0 bridgehead atoms. The molecule has 5 rings (SSSR count). The van der Waals surface area contributed by atoms with Crippen LogP contribution in [0.3, 0.4) is 0 Å². The topological polar surface area (TPSA) is 20.2 Å². The molecular weight excluding hydrogens is 304 g/mol. The molecule has 5 aliphatic rings. The van der Waals surface area contributed by atoms with E-state index in [1.165, 1.54) is 63.4 Å². The van der Waals surface area contributed by atoms with E-state index >= 15 is 0 Å². The van der Waals surface area contributed by atoms with E-state index in [1.807, 2.05) is 0 Å². The maximum atomic E-state index is 11.1. The van der Waals surface area contributed by atoms with Crippen LogP contribution >= 0.6 is 0 Å². The lowest BCUT2D eigenvalue weighted by molar-refractivity contribution is -0.111. The van der Waals surface area contributed by atoms with Crippen LogP contribution in [0.4, 0.5) is 0 Å². The number of allylic oxidation sites excluding steroid dienone is 1. The lowest BCUT2D eigenvalue weighted by Gasteiger charge is -2.57. The van der Waals surface area contributed by atoms with Gasteiger partial charge in [0, 0.05) is 0 Å². The average Bonchev–Trinajstić information content (AvgIpc) is 3.36. The van der Waals surface area contributed by atoms with E-state index in [4.69, 9.17) is 0 Å². The minimum atomic E-state index is -0.268. The first-order valence-electron chi connectivity index (χ1n) is 11.3. The van der Waals surface area contributed by atoms with Crippen LogP contribution in [-0.2, 0) is 0 Å². The second-order valence-electron chi connectivity index (χ2n) is 11.1. The van der Waals surface area contributed by atoms with Gasteiger partial charge in [-0.15, -0.1) is 0 Å². The first-order chi connectivity index (χ1) is 11.9. The van der Waals surface area contributed by atoms with Crippen molar-refractivity contribution in [3.8, 4) is 0 Å². The van der Waals surface area contributed by atoms with Crippen LogP contribution in [-0.4, -0.2) is 10.7 Å². The zero-order chi connectivity index (χ0) is 17.4. The van der Waals surface area contributed by atoms with Gasteiger partial charge in [0.25, 0.3) is 0 Å². The SMILES string of the molecule is C=C(C)[C@H]1CC[C@H]2[C@@H]3CC[C@@H]4C[C@@](O)(C5CC5)CC[C@@H]4[C@H]3CC[C@]12C. The van der Waals surface area contributed by atoms with E-state index in [9.17, 15) is 5.11 Å². The predicted molar refractivity (Wildman–Crippen MR) is 103 cm³/mol. The average molecular weight is 343 g/mol. The highest BCUT2D eigenvalue weighted by Crippen LogP contribution is 2.66. The minimum Gasteiger partial charge on any atom is -0.390 e. The third-order valence-corrected chi connectivity index (χ3v) is 9.98. The zero-order valence-electron chi connectivity index (χ0n) is 16.5. The Morgan fingerprint density at radius 2 is 1.64 bits per heavy atom. The Morgan fingerprint density at radius 3 is 2.36 bits per heavy atom. The second-order valence-corrected chi connectivity index (χ2v) is 11.1. The maximum absolute atomic E-state index is 11.1. The summed E-state index contributed by atoms with van der Waals surface area (Å²) < 4.78 is 0. The fourth-order valence-electron chi connectivity index (χ4n) is 8.71. The van der Waals surface area contributed by atoms with E-state index < -0.39 is 0 Å². The molecule has 0 amide bonds. The number of fused-ring (bicyclic) bond motifs is 5. The molecule has 5 saturated carbocycles. The van der Waals surface area contributed by atoms with Gasteiger partial charge in [-0.05, 0) is 124 Å². The van der Waals surface area contributed by atoms with Crippen LogP contribution in [0.1, 0.15) is 84.5 Å². The van der Waals surface area contributed by atoms with Gasteiger partial charge in [-0.1, -0.05) is 19.1 Å². The van der Waals surface area contributed by atoms with Crippen molar-refractivity contribution in [3.63, 3.8) is 0 Å². The molecule has 8 atom stereocenters. The van der Waals surface area contributed by atoms with Crippen LogP contribution in [0.2, 0.25) is 0 Å². The van der Waals surface area contributed by atoms with E-state index in [0.29, 0.717) is 11.3 Å². The molecule has 0 spiro atoms. The molecule has 140 valence electrons. The molecule has 5 aliphatic carbocycles. The van der Waals surface area contributed by atoms with Crippen molar-refractivity contribution in [2.75, 3.05) is 0 Å². The number of hydrogen-bond donors (Lipinski definition) is 1. The van der Waals surface area contributed by atoms with Crippen LogP contribution in [0.25, 0.3) is 0 Å². The molecule has 0 unspecified atom stereocenters. The van der Waals surface area contributed by atoms with Crippen LogP contribution in [0, 0.1) is 46.8 Å². The summed E-state index contributed by atoms with van der Waals surface area (Å²) in [5.74, 6) is 6.13. The standard InChI is InChI=1S/C24H38O/c1-15(2)21-8-9-22-20-7-4-16-14-24(25,17-5-6-17)13-11-18(16)19(20)10-12-23(21,22)3/h16-22,25H,1,4-14H2,2-3H3/t16-,18+,19-,20-,21-,22+,23-,24-/m1/s1. The summed E-state index contributed by atoms with van der Waals surface area (Å²) in [6.07, 6.45) is 14.8. The van der Waals surface area contributed by atoms with Crippen LogP contribution in [0.5, 0.6) is 0 Å². The third-order valence-electron chi connectivity index (χ3n) is 9.98. The molecule has 0 saturated heterocycles. The maximum Gasteiger partial charge on any atom is 0.0678 e. The Hall–Kier alpha value is -0.300. The Labute approximate surface area is 154 Å². The van der Waals surface area contributed by atoms with Crippen molar-refractivity contribution in [1.82, 2.24) is 0 Å². The summed E-state index contributed by atoms with van der Waals surface area (Å²) in [5, 5.41) is 11.1. The largest absolute Gasteiger partial charge is 0.390 e. The summed E-state index contributed by atoms with van der Waals surface area (Å²) in [4.78, 5) is 0. The number of rotatable bonds is 2. The number of hydrogen-bond acceptors (Lipinski definition) is 1. The first kappa shape index (κ1) is 16.8. The highest BCUT2D eigenvalue weighted by molar-refractivity contribution is 5.14. The van der Waals surface area contributed by atoms with Gasteiger partial charge >= 0.3 is 0 Å². The molecule has 25 heavy (non-hydrogen) atoms. The molecule has 0 aromatic heterocycles. The van der Waals surface area contributed by atoms with Crippen molar-refractivity contribution >= 4 is 0 Å². The Balaban J connectivity index is 1.35. The predicted octanol–water partition coefficient (Wildman–Crippen LogP) is 5.97. The van der Waals surface area contributed by atoms with E-state index in [0.717, 1.165) is 48.3 Å². The van der Waals surface area contributed by atoms with Gasteiger partial charge in [-0.2, -0.15) is 0 Å². The van der Waals surface area contributed by atoms with Crippen molar-refractivity contribution in [1.29, 1.82) is 0 Å². The zero-order valence-corrected chi connectivity index (χ0v) is 16.5. The van der Waals surface area contributed by atoms with Crippen molar-refractivity contribution in [3.05, 3.63) is 12.2 Å². The van der Waals surface area contributed by atoms with Gasteiger partial charge in [-0.3, -0.25) is 0 Å². The highest BCUT2D eigenvalue weighted by Gasteiger charge is 2.58. The molecule has 1 nitrogen and oxygen atoms in total. The highest BCUT2D eigenvalue weighted by atomic mass is 16.3. The normalized spacial score (nSPS) is 55.2. The smallest absolute Gasteiger partial charge is 0.0678 e. The van der Waals surface area contributed by atoms with E-state index in [-0.39, 0.29) is 5.60 Å². The molecule has 5 fully saturated rings. The first-order valence-corrected chi connectivity index (χ1v) is 11.3. The van der Waals surface area contributed by atoms with Crippen molar-refractivity contribution in [2.24, 2.45) is 46.8 Å². The quantitative estimate of drug-likeness (QED) is 0.613. The second kappa shape index (κ2) is 5.60. The lowest BCUT2D eigenvalue weighted by atomic mass is 9.48. The van der Waals surface area contributed by atoms with Gasteiger partial charge in [0.15, 0.2) is 0 Å². The van der Waals surface area contributed by atoms with Crippen molar-refractivity contribution in [2.45, 2.75) is 90.1 Å². The lowest BCUT2D eigenvalue weighted by Crippen LogP contribution is -2.51. The van der Waals surface area contributed by atoms with E-state index in [2.05, 4.69) is 20.4 Å². The Kier molecular flexibility index (Phi) is 3.77. The molecule has 0 aromatic carbocycles. The molecule has 0 aliphatic heterocycles.